The molecule has 29 heavy (non-hydrogen) atoms. The van der Waals surface area contributed by atoms with Crippen molar-refractivity contribution in [1.82, 2.24) is 25.3 Å². The molecule has 5 rings (SSSR count). The van der Waals surface area contributed by atoms with Crippen LogP contribution in [-0.2, 0) is 6.42 Å². The fraction of sp³-hybridized carbons (Fsp3) is 0.333. The summed E-state index contributed by atoms with van der Waals surface area (Å²) in [5.74, 6) is 3.15. The van der Waals surface area contributed by atoms with Gasteiger partial charge < -0.3 is 20.1 Å². The molecule has 2 aliphatic heterocycles. The van der Waals surface area contributed by atoms with Crippen molar-refractivity contribution in [2.75, 3.05) is 25.0 Å². The average Bonchev–Trinajstić information content (AvgIpc) is 3.45. The van der Waals surface area contributed by atoms with Crippen LogP contribution >= 0.6 is 0 Å². The number of ether oxygens (including phenoxy) is 2. The Kier molecular flexibility index (Phi) is 4.92. The van der Waals surface area contributed by atoms with E-state index in [4.69, 9.17) is 9.47 Å². The first kappa shape index (κ1) is 17.8. The van der Waals surface area contributed by atoms with Gasteiger partial charge in [0.2, 0.25) is 0 Å². The summed E-state index contributed by atoms with van der Waals surface area (Å²) in [4.78, 5) is 17.7. The highest BCUT2D eigenvalue weighted by Crippen LogP contribution is 2.33. The second-order valence-corrected chi connectivity index (χ2v) is 7.13. The van der Waals surface area contributed by atoms with E-state index in [1.807, 2.05) is 18.2 Å². The Morgan fingerprint density at radius 2 is 2.14 bits per heavy atom. The standard InChI is InChI=1S/C21H22N6O2/c1-3-15(22-7-1)12-25-20-21(27-17(13-26-20)19-23-8-2-9-24-19)29-16-4-5-18-14(11-16)6-10-28-18/h2,4-5,8-9,11,13,15,22H,1,3,6-7,10,12H2,(H,25,26)/t15-/m0/s1. The average molecular weight is 390 g/mol. The van der Waals surface area contributed by atoms with Crippen LogP contribution in [0.5, 0.6) is 17.4 Å². The van der Waals surface area contributed by atoms with Crippen LogP contribution in [0.2, 0.25) is 0 Å². The number of aromatic nitrogens is 4. The molecule has 4 heterocycles. The summed E-state index contributed by atoms with van der Waals surface area (Å²) in [5.41, 5.74) is 1.71. The fourth-order valence-electron chi connectivity index (χ4n) is 3.59. The molecule has 0 aliphatic carbocycles. The van der Waals surface area contributed by atoms with Crippen molar-refractivity contribution < 1.29 is 9.47 Å². The van der Waals surface area contributed by atoms with E-state index in [0.717, 1.165) is 37.2 Å². The molecule has 8 nitrogen and oxygen atoms in total. The molecule has 2 aliphatic rings. The van der Waals surface area contributed by atoms with Crippen LogP contribution in [0.25, 0.3) is 11.5 Å². The van der Waals surface area contributed by atoms with Gasteiger partial charge in [-0.2, -0.15) is 0 Å². The molecule has 148 valence electrons. The predicted octanol–water partition coefficient (Wildman–Crippen LogP) is 2.82. The lowest BCUT2D eigenvalue weighted by atomic mass is 10.1. The topological polar surface area (TPSA) is 94.1 Å². The van der Waals surface area contributed by atoms with E-state index in [2.05, 4.69) is 30.6 Å². The second-order valence-electron chi connectivity index (χ2n) is 7.13. The van der Waals surface area contributed by atoms with Crippen molar-refractivity contribution in [3.63, 3.8) is 0 Å². The Labute approximate surface area is 168 Å². The molecule has 1 fully saturated rings. The molecule has 0 bridgehead atoms. The lowest BCUT2D eigenvalue weighted by Crippen LogP contribution is -2.29. The fourth-order valence-corrected chi connectivity index (χ4v) is 3.59. The molecule has 8 heteroatoms. The number of anilines is 1. The molecule has 0 radical (unpaired) electrons. The maximum Gasteiger partial charge on any atom is 0.263 e. The third kappa shape index (κ3) is 3.97. The van der Waals surface area contributed by atoms with Crippen LogP contribution in [0.3, 0.4) is 0 Å². The van der Waals surface area contributed by atoms with Crippen LogP contribution in [0, 0.1) is 0 Å². The normalized spacial score (nSPS) is 17.6. The Bertz CT molecular complexity index is 992. The molecule has 2 N–H and O–H groups in total. The maximum absolute atomic E-state index is 6.14. The largest absolute Gasteiger partial charge is 0.493 e. The van der Waals surface area contributed by atoms with Gasteiger partial charge in [0.05, 0.1) is 12.8 Å². The molecular weight excluding hydrogens is 368 g/mol. The van der Waals surface area contributed by atoms with Gasteiger partial charge in [0.25, 0.3) is 5.88 Å². The van der Waals surface area contributed by atoms with E-state index in [-0.39, 0.29) is 0 Å². The van der Waals surface area contributed by atoms with Crippen molar-refractivity contribution in [2.24, 2.45) is 0 Å². The number of nitrogens with one attached hydrogen (secondary N) is 2. The summed E-state index contributed by atoms with van der Waals surface area (Å²) in [6.07, 6.45) is 8.27. The highest BCUT2D eigenvalue weighted by Gasteiger charge is 2.18. The van der Waals surface area contributed by atoms with Crippen LogP contribution in [-0.4, -0.2) is 45.7 Å². The SMILES string of the molecule is c1cnc(-c2cnc(NC[C@@H]3CCCN3)c(Oc3ccc4c(c3)CCO4)n2)nc1. The Morgan fingerprint density at radius 1 is 1.21 bits per heavy atom. The number of benzene rings is 1. The third-order valence-electron chi connectivity index (χ3n) is 5.09. The summed E-state index contributed by atoms with van der Waals surface area (Å²) in [5, 5.41) is 6.86. The minimum Gasteiger partial charge on any atom is -0.493 e. The highest BCUT2D eigenvalue weighted by molar-refractivity contribution is 5.56. The van der Waals surface area contributed by atoms with E-state index in [1.54, 1.807) is 24.7 Å². The van der Waals surface area contributed by atoms with Crippen LogP contribution in [0.4, 0.5) is 5.82 Å². The van der Waals surface area contributed by atoms with Crippen LogP contribution in [0.1, 0.15) is 18.4 Å². The molecule has 1 saturated heterocycles. The van der Waals surface area contributed by atoms with Gasteiger partial charge in [-0.3, -0.25) is 0 Å². The van der Waals surface area contributed by atoms with E-state index in [9.17, 15) is 0 Å². The Morgan fingerprint density at radius 3 is 3.00 bits per heavy atom. The summed E-state index contributed by atoms with van der Waals surface area (Å²) in [6.45, 7) is 2.54. The number of nitrogens with zero attached hydrogens (tertiary/aromatic N) is 4. The van der Waals surface area contributed by atoms with E-state index < -0.39 is 0 Å². The molecular formula is C21H22N6O2. The van der Waals surface area contributed by atoms with Gasteiger partial charge >= 0.3 is 0 Å². The Balaban J connectivity index is 1.43. The lowest BCUT2D eigenvalue weighted by molar-refractivity contribution is 0.356. The van der Waals surface area contributed by atoms with Crippen molar-refractivity contribution in [3.8, 4) is 28.9 Å². The molecule has 1 aromatic carbocycles. The van der Waals surface area contributed by atoms with Crippen molar-refractivity contribution >= 4 is 5.82 Å². The molecule has 0 spiro atoms. The van der Waals surface area contributed by atoms with Crippen LogP contribution < -0.4 is 20.1 Å². The van der Waals surface area contributed by atoms with E-state index in [1.165, 1.54) is 6.42 Å². The van der Waals surface area contributed by atoms with Gasteiger partial charge in [-0.1, -0.05) is 0 Å². The number of hydrogen-bond donors (Lipinski definition) is 2. The first-order valence-electron chi connectivity index (χ1n) is 9.90. The molecule has 3 aromatic rings. The molecule has 0 amide bonds. The molecule has 0 unspecified atom stereocenters. The van der Waals surface area contributed by atoms with Gasteiger partial charge in [-0.15, -0.1) is 0 Å². The first-order valence-corrected chi connectivity index (χ1v) is 9.90. The van der Waals surface area contributed by atoms with Crippen molar-refractivity contribution in [3.05, 3.63) is 48.4 Å². The van der Waals surface area contributed by atoms with Crippen molar-refractivity contribution in [1.29, 1.82) is 0 Å². The van der Waals surface area contributed by atoms with E-state index >= 15 is 0 Å². The highest BCUT2D eigenvalue weighted by atomic mass is 16.5. The van der Waals surface area contributed by atoms with Gasteiger partial charge in [-0.25, -0.2) is 19.9 Å². The minimum atomic E-state index is 0.409. The molecule has 1 atom stereocenters. The smallest absolute Gasteiger partial charge is 0.263 e. The zero-order chi connectivity index (χ0) is 19.5. The van der Waals surface area contributed by atoms with Crippen molar-refractivity contribution in [2.45, 2.75) is 25.3 Å². The molecule has 0 saturated carbocycles. The number of hydrogen-bond acceptors (Lipinski definition) is 8. The first-order chi connectivity index (χ1) is 14.3. The number of fused-ring (bicyclic) bond motifs is 1. The van der Waals surface area contributed by atoms with Gasteiger partial charge in [0.15, 0.2) is 11.6 Å². The summed E-state index contributed by atoms with van der Waals surface area (Å²) in [6, 6.07) is 8.02. The van der Waals surface area contributed by atoms with Gasteiger partial charge in [0, 0.05) is 37.0 Å². The maximum atomic E-state index is 6.14. The van der Waals surface area contributed by atoms with E-state index in [0.29, 0.717) is 41.6 Å². The zero-order valence-corrected chi connectivity index (χ0v) is 16.0. The summed E-state index contributed by atoms with van der Waals surface area (Å²) in [7, 11) is 0. The lowest BCUT2D eigenvalue weighted by Gasteiger charge is -2.15. The second kappa shape index (κ2) is 8.00. The summed E-state index contributed by atoms with van der Waals surface area (Å²) >= 11 is 0. The molecule has 2 aromatic heterocycles. The summed E-state index contributed by atoms with van der Waals surface area (Å²) < 4.78 is 11.7. The number of rotatable bonds is 6. The Hall–Kier alpha value is -3.26. The minimum absolute atomic E-state index is 0.409. The third-order valence-corrected chi connectivity index (χ3v) is 5.09. The van der Waals surface area contributed by atoms with Gasteiger partial charge in [0.1, 0.15) is 17.2 Å². The monoisotopic (exact) mass is 390 g/mol. The van der Waals surface area contributed by atoms with Crippen LogP contribution in [0.15, 0.2) is 42.9 Å². The zero-order valence-electron chi connectivity index (χ0n) is 16.0. The predicted molar refractivity (Wildman–Crippen MR) is 108 cm³/mol. The quantitative estimate of drug-likeness (QED) is 0.664. The van der Waals surface area contributed by atoms with Gasteiger partial charge in [-0.05, 0) is 43.7 Å².